The van der Waals surface area contributed by atoms with Crippen molar-refractivity contribution in [2.24, 2.45) is 11.8 Å². The lowest BCUT2D eigenvalue weighted by molar-refractivity contribution is -0.127. The summed E-state index contributed by atoms with van der Waals surface area (Å²) in [5, 5.41) is 5.36. The number of amides is 2. The highest BCUT2D eigenvalue weighted by Gasteiger charge is 2.21. The highest BCUT2D eigenvalue weighted by molar-refractivity contribution is 5.85. The van der Waals surface area contributed by atoms with Crippen LogP contribution in [-0.4, -0.2) is 24.9 Å². The van der Waals surface area contributed by atoms with E-state index in [2.05, 4.69) is 10.6 Å². The molecule has 94 valence electrons. The lowest BCUT2D eigenvalue weighted by Gasteiger charge is -2.07. The molecule has 1 rings (SSSR count). The fourth-order valence-electron chi connectivity index (χ4n) is 1.01. The van der Waals surface area contributed by atoms with Gasteiger partial charge in [0.2, 0.25) is 11.8 Å². The highest BCUT2D eigenvalue weighted by Crippen LogP contribution is 2.27. The van der Waals surface area contributed by atoms with Gasteiger partial charge in [-0.05, 0) is 18.8 Å². The molecule has 0 unspecified atom stereocenters. The molecule has 1 aliphatic carbocycles. The SMILES string of the molecule is CC.CC(C)C(=O)NCC(=O)NCC1CC1. The van der Waals surface area contributed by atoms with E-state index in [0.29, 0.717) is 5.92 Å². The molecule has 0 bridgehead atoms. The summed E-state index contributed by atoms with van der Waals surface area (Å²) in [5.74, 6) is 0.448. The van der Waals surface area contributed by atoms with Crippen LogP contribution >= 0.6 is 0 Å². The smallest absolute Gasteiger partial charge is 0.239 e. The Morgan fingerprint density at radius 2 is 1.75 bits per heavy atom. The molecule has 2 amide bonds. The topological polar surface area (TPSA) is 58.2 Å². The number of nitrogens with one attached hydrogen (secondary N) is 2. The van der Waals surface area contributed by atoms with Gasteiger partial charge in [-0.2, -0.15) is 0 Å². The van der Waals surface area contributed by atoms with E-state index in [1.165, 1.54) is 12.8 Å². The second kappa shape index (κ2) is 8.13. The van der Waals surface area contributed by atoms with Gasteiger partial charge in [-0.1, -0.05) is 27.7 Å². The maximum absolute atomic E-state index is 11.2. The van der Waals surface area contributed by atoms with Crippen molar-refractivity contribution in [1.82, 2.24) is 10.6 Å². The molecule has 0 atom stereocenters. The first-order valence-corrected chi connectivity index (χ1v) is 6.14. The van der Waals surface area contributed by atoms with Gasteiger partial charge in [0.25, 0.3) is 0 Å². The monoisotopic (exact) mass is 228 g/mol. The van der Waals surface area contributed by atoms with Crippen LogP contribution in [0.15, 0.2) is 0 Å². The molecule has 1 saturated carbocycles. The van der Waals surface area contributed by atoms with E-state index < -0.39 is 0 Å². The molecule has 0 heterocycles. The summed E-state index contributed by atoms with van der Waals surface area (Å²) in [6, 6.07) is 0. The Morgan fingerprint density at radius 3 is 2.19 bits per heavy atom. The molecule has 0 spiro atoms. The number of rotatable bonds is 5. The van der Waals surface area contributed by atoms with Gasteiger partial charge in [-0.25, -0.2) is 0 Å². The van der Waals surface area contributed by atoms with Crippen LogP contribution < -0.4 is 10.6 Å². The van der Waals surface area contributed by atoms with Crippen molar-refractivity contribution in [2.45, 2.75) is 40.5 Å². The summed E-state index contributed by atoms with van der Waals surface area (Å²) < 4.78 is 0. The maximum Gasteiger partial charge on any atom is 0.239 e. The van der Waals surface area contributed by atoms with Crippen molar-refractivity contribution < 1.29 is 9.59 Å². The van der Waals surface area contributed by atoms with Gasteiger partial charge in [-0.3, -0.25) is 9.59 Å². The van der Waals surface area contributed by atoms with Crippen molar-refractivity contribution in [2.75, 3.05) is 13.1 Å². The number of hydrogen-bond acceptors (Lipinski definition) is 2. The third-order valence-corrected chi connectivity index (χ3v) is 2.23. The zero-order valence-electron chi connectivity index (χ0n) is 10.8. The van der Waals surface area contributed by atoms with E-state index in [4.69, 9.17) is 0 Å². The molecule has 0 radical (unpaired) electrons. The summed E-state index contributed by atoms with van der Waals surface area (Å²) in [7, 11) is 0. The molecule has 2 N–H and O–H groups in total. The minimum absolute atomic E-state index is 0.0637. The lowest BCUT2D eigenvalue weighted by atomic mass is 10.2. The largest absolute Gasteiger partial charge is 0.354 e. The average Bonchev–Trinajstić information content (AvgIpc) is 3.09. The fraction of sp³-hybridized carbons (Fsp3) is 0.833. The average molecular weight is 228 g/mol. The van der Waals surface area contributed by atoms with Crippen molar-refractivity contribution in [3.8, 4) is 0 Å². The van der Waals surface area contributed by atoms with Crippen molar-refractivity contribution in [3.05, 3.63) is 0 Å². The van der Waals surface area contributed by atoms with E-state index >= 15 is 0 Å². The number of carbonyl (C=O) groups excluding carboxylic acids is 2. The molecule has 4 heteroatoms. The Labute approximate surface area is 98.2 Å². The first-order valence-electron chi connectivity index (χ1n) is 6.14. The van der Waals surface area contributed by atoms with Crippen LogP contribution in [0.5, 0.6) is 0 Å². The molecular weight excluding hydrogens is 204 g/mol. The zero-order valence-corrected chi connectivity index (χ0v) is 10.8. The first kappa shape index (κ1) is 14.9. The molecular formula is C12H24N2O2. The molecule has 0 aliphatic heterocycles. The van der Waals surface area contributed by atoms with Crippen LogP contribution in [-0.2, 0) is 9.59 Å². The van der Waals surface area contributed by atoms with Gasteiger partial charge < -0.3 is 10.6 Å². The minimum atomic E-state index is -0.0918. The van der Waals surface area contributed by atoms with Gasteiger partial charge in [0.15, 0.2) is 0 Å². The summed E-state index contributed by atoms with van der Waals surface area (Å²) in [6.07, 6.45) is 2.44. The van der Waals surface area contributed by atoms with Crippen LogP contribution in [0.1, 0.15) is 40.5 Å². The molecule has 0 aromatic heterocycles. The third-order valence-electron chi connectivity index (χ3n) is 2.23. The second-order valence-electron chi connectivity index (χ2n) is 4.12. The Bertz CT molecular complexity index is 223. The third kappa shape index (κ3) is 7.26. The molecule has 0 aromatic rings. The standard InChI is InChI=1S/C10H18N2O2.C2H6/c1-7(2)10(14)12-6-9(13)11-5-8-3-4-8;1-2/h7-8H,3-6H2,1-2H3,(H,11,13)(H,12,14);1-2H3. The molecule has 1 fully saturated rings. The van der Waals surface area contributed by atoms with Crippen molar-refractivity contribution in [1.29, 1.82) is 0 Å². The van der Waals surface area contributed by atoms with E-state index in [-0.39, 0.29) is 24.3 Å². The maximum atomic E-state index is 11.2. The Morgan fingerprint density at radius 1 is 1.19 bits per heavy atom. The number of hydrogen-bond donors (Lipinski definition) is 2. The van der Waals surface area contributed by atoms with E-state index in [9.17, 15) is 9.59 Å². The molecule has 1 aliphatic rings. The van der Waals surface area contributed by atoms with Crippen LogP contribution in [0.4, 0.5) is 0 Å². The van der Waals surface area contributed by atoms with Gasteiger partial charge in [-0.15, -0.1) is 0 Å². The van der Waals surface area contributed by atoms with Crippen molar-refractivity contribution >= 4 is 11.8 Å². The van der Waals surface area contributed by atoms with Crippen LogP contribution in [0, 0.1) is 11.8 Å². The summed E-state index contributed by atoms with van der Waals surface area (Å²) in [5.41, 5.74) is 0. The van der Waals surface area contributed by atoms with Gasteiger partial charge in [0.05, 0.1) is 6.54 Å². The fourth-order valence-corrected chi connectivity index (χ4v) is 1.01. The van der Waals surface area contributed by atoms with Crippen molar-refractivity contribution in [3.63, 3.8) is 0 Å². The zero-order chi connectivity index (χ0) is 12.6. The van der Waals surface area contributed by atoms with E-state index in [0.717, 1.165) is 6.54 Å². The van der Waals surface area contributed by atoms with E-state index in [1.54, 1.807) is 13.8 Å². The quantitative estimate of drug-likeness (QED) is 0.745. The van der Waals surface area contributed by atoms with Crippen LogP contribution in [0.25, 0.3) is 0 Å². The lowest BCUT2D eigenvalue weighted by Crippen LogP contribution is -2.39. The Hall–Kier alpha value is -1.06. The molecule has 0 saturated heterocycles. The summed E-state index contributed by atoms with van der Waals surface area (Å²) >= 11 is 0. The summed E-state index contributed by atoms with van der Waals surface area (Å²) in [6.45, 7) is 8.47. The van der Waals surface area contributed by atoms with Gasteiger partial charge in [0.1, 0.15) is 0 Å². The predicted molar refractivity (Wildman–Crippen MR) is 64.9 cm³/mol. The van der Waals surface area contributed by atoms with Gasteiger partial charge in [0, 0.05) is 12.5 Å². The second-order valence-corrected chi connectivity index (χ2v) is 4.12. The number of carbonyl (C=O) groups is 2. The first-order chi connectivity index (χ1) is 7.59. The normalized spacial score (nSPS) is 13.8. The Kier molecular flexibility index (Phi) is 7.60. The van der Waals surface area contributed by atoms with Crippen LogP contribution in [0.2, 0.25) is 0 Å². The van der Waals surface area contributed by atoms with Gasteiger partial charge >= 0.3 is 0 Å². The highest BCUT2D eigenvalue weighted by atomic mass is 16.2. The predicted octanol–water partition coefficient (Wildman–Crippen LogP) is 1.31. The molecule has 0 aromatic carbocycles. The van der Waals surface area contributed by atoms with Crippen LogP contribution in [0.3, 0.4) is 0 Å². The molecule has 16 heavy (non-hydrogen) atoms. The molecule has 4 nitrogen and oxygen atoms in total. The summed E-state index contributed by atoms with van der Waals surface area (Å²) in [4.78, 5) is 22.3. The minimum Gasteiger partial charge on any atom is -0.354 e. The Balaban J connectivity index is 0.00000106. The van der Waals surface area contributed by atoms with E-state index in [1.807, 2.05) is 13.8 Å².